The van der Waals surface area contributed by atoms with Gasteiger partial charge in [-0.15, -0.1) is 0 Å². The first-order valence-electron chi connectivity index (χ1n) is 6.53. The van der Waals surface area contributed by atoms with Crippen molar-refractivity contribution in [3.63, 3.8) is 0 Å². The lowest BCUT2D eigenvalue weighted by Crippen LogP contribution is -2.12. The van der Waals surface area contributed by atoms with Gasteiger partial charge in [0.15, 0.2) is 9.84 Å². The Bertz CT molecular complexity index is 770. The van der Waals surface area contributed by atoms with Crippen molar-refractivity contribution in [3.05, 3.63) is 50.7 Å². The minimum atomic E-state index is -3.56. The van der Waals surface area contributed by atoms with Crippen molar-refractivity contribution in [2.75, 3.05) is 18.1 Å². The fourth-order valence-corrected chi connectivity index (χ4v) is 3.67. The smallest absolute Gasteiger partial charge is 0.270 e. The van der Waals surface area contributed by atoms with Gasteiger partial charge in [0.2, 0.25) is 0 Å². The maximum Gasteiger partial charge on any atom is 0.270 e. The molecule has 0 saturated heterocycles. The molecule has 1 atom stereocenters. The highest BCUT2D eigenvalue weighted by molar-refractivity contribution is 7.90. The van der Waals surface area contributed by atoms with Crippen LogP contribution in [0.25, 0.3) is 0 Å². The van der Waals surface area contributed by atoms with E-state index in [1.807, 2.05) is 23.8 Å². The third kappa shape index (κ3) is 3.83. The molecule has 2 rings (SSSR count). The summed E-state index contributed by atoms with van der Waals surface area (Å²) in [5, 5.41) is 17.9. The fraction of sp³-hybridized carbons (Fsp3) is 0.286. The summed E-state index contributed by atoms with van der Waals surface area (Å²) in [5.41, 5.74) is 1.31. The van der Waals surface area contributed by atoms with E-state index >= 15 is 0 Å². The van der Waals surface area contributed by atoms with E-state index in [1.54, 1.807) is 11.3 Å². The van der Waals surface area contributed by atoms with Crippen LogP contribution in [0, 0.1) is 10.1 Å². The molecule has 0 spiro atoms. The molecule has 0 amide bonds. The molecule has 0 aliphatic heterocycles. The molecule has 22 heavy (non-hydrogen) atoms. The lowest BCUT2D eigenvalue weighted by molar-refractivity contribution is -0.385. The molecule has 0 aliphatic rings. The van der Waals surface area contributed by atoms with Crippen molar-refractivity contribution in [2.45, 2.75) is 17.7 Å². The highest BCUT2D eigenvalue weighted by Gasteiger charge is 2.19. The van der Waals surface area contributed by atoms with E-state index in [9.17, 15) is 18.5 Å². The van der Waals surface area contributed by atoms with Gasteiger partial charge in [0.25, 0.3) is 5.69 Å². The molecule has 0 radical (unpaired) electrons. The summed E-state index contributed by atoms with van der Waals surface area (Å²) in [5.74, 6) is 0.203. The van der Waals surface area contributed by atoms with E-state index in [1.165, 1.54) is 17.7 Å². The Morgan fingerprint density at radius 2 is 2.09 bits per heavy atom. The Kier molecular flexibility index (Phi) is 4.82. The number of hydrogen-bond donors (Lipinski definition) is 1. The Labute approximate surface area is 132 Å². The zero-order valence-corrected chi connectivity index (χ0v) is 13.8. The van der Waals surface area contributed by atoms with Crippen LogP contribution < -0.4 is 5.32 Å². The summed E-state index contributed by atoms with van der Waals surface area (Å²) in [6.07, 6.45) is 1.04. The third-order valence-corrected chi connectivity index (χ3v) is 5.12. The average Bonchev–Trinajstić information content (AvgIpc) is 2.97. The maximum atomic E-state index is 11.8. The number of nitro benzene ring substituents is 1. The summed E-state index contributed by atoms with van der Waals surface area (Å²) in [4.78, 5) is 10.1. The molecule has 2 aromatic rings. The molecule has 0 fully saturated rings. The number of nitro groups is 1. The van der Waals surface area contributed by atoms with Crippen LogP contribution in [-0.2, 0) is 9.84 Å². The average molecular weight is 340 g/mol. The topological polar surface area (TPSA) is 89.3 Å². The second kappa shape index (κ2) is 6.45. The zero-order valence-electron chi connectivity index (χ0n) is 12.1. The fourth-order valence-electron chi connectivity index (χ4n) is 2.01. The molecule has 6 nitrogen and oxygen atoms in total. The lowest BCUT2D eigenvalue weighted by Gasteiger charge is -2.14. The molecule has 0 bridgehead atoms. The van der Waals surface area contributed by atoms with Crippen molar-refractivity contribution in [1.29, 1.82) is 0 Å². The summed E-state index contributed by atoms with van der Waals surface area (Å²) in [6.45, 7) is 2.57. The van der Waals surface area contributed by atoms with Gasteiger partial charge in [-0.3, -0.25) is 10.1 Å². The van der Waals surface area contributed by atoms with Gasteiger partial charge < -0.3 is 5.32 Å². The Morgan fingerprint density at radius 1 is 1.36 bits per heavy atom. The first kappa shape index (κ1) is 16.4. The van der Waals surface area contributed by atoms with Gasteiger partial charge in [0, 0.05) is 24.9 Å². The van der Waals surface area contributed by atoms with Gasteiger partial charge in [-0.1, -0.05) is 6.92 Å². The first-order valence-corrected chi connectivity index (χ1v) is 9.37. The van der Waals surface area contributed by atoms with Crippen LogP contribution in [0.5, 0.6) is 0 Å². The number of nitrogens with zero attached hydrogens (tertiary/aromatic N) is 1. The van der Waals surface area contributed by atoms with E-state index in [2.05, 4.69) is 5.32 Å². The summed E-state index contributed by atoms with van der Waals surface area (Å²) < 4.78 is 23.7. The van der Waals surface area contributed by atoms with Crippen LogP contribution in [0.1, 0.15) is 18.4 Å². The van der Waals surface area contributed by atoms with Crippen LogP contribution >= 0.6 is 11.3 Å². The standard InChI is InChI=1S/C14H16N2O4S2/c1-10(11-5-6-21-9-11)8-15-13-4-3-12(16(17)18)7-14(13)22(2,19)20/h3-7,9-10,15H,8H2,1-2H3. The molecule has 1 aromatic heterocycles. The number of non-ortho nitro benzene ring substituents is 1. The van der Waals surface area contributed by atoms with Crippen molar-refractivity contribution < 1.29 is 13.3 Å². The van der Waals surface area contributed by atoms with Crippen molar-refractivity contribution >= 4 is 32.5 Å². The monoisotopic (exact) mass is 340 g/mol. The van der Waals surface area contributed by atoms with E-state index in [0.29, 0.717) is 12.2 Å². The van der Waals surface area contributed by atoms with Gasteiger partial charge in [-0.05, 0) is 34.4 Å². The number of benzene rings is 1. The molecule has 1 aromatic carbocycles. The van der Waals surface area contributed by atoms with E-state index in [-0.39, 0.29) is 16.5 Å². The number of anilines is 1. The highest BCUT2D eigenvalue weighted by Crippen LogP contribution is 2.27. The molecule has 118 valence electrons. The molecule has 1 unspecified atom stereocenters. The lowest BCUT2D eigenvalue weighted by atomic mass is 10.1. The Morgan fingerprint density at radius 3 is 2.64 bits per heavy atom. The van der Waals surface area contributed by atoms with E-state index in [0.717, 1.165) is 12.3 Å². The predicted octanol–water partition coefficient (Wildman–Crippen LogP) is 3.28. The molecular weight excluding hydrogens is 324 g/mol. The maximum absolute atomic E-state index is 11.8. The second-order valence-corrected chi connectivity index (χ2v) is 7.81. The second-order valence-electron chi connectivity index (χ2n) is 5.05. The Balaban J connectivity index is 2.25. The number of sulfone groups is 1. The van der Waals surface area contributed by atoms with Crippen molar-refractivity contribution in [2.24, 2.45) is 0 Å². The molecule has 0 saturated carbocycles. The summed E-state index contributed by atoms with van der Waals surface area (Å²) in [7, 11) is -3.56. The van der Waals surface area contributed by atoms with Crippen LogP contribution in [0.2, 0.25) is 0 Å². The van der Waals surface area contributed by atoms with Crippen LogP contribution in [0.4, 0.5) is 11.4 Å². The number of hydrogen-bond acceptors (Lipinski definition) is 6. The predicted molar refractivity (Wildman–Crippen MR) is 87.4 cm³/mol. The number of nitrogens with one attached hydrogen (secondary N) is 1. The van der Waals surface area contributed by atoms with Gasteiger partial charge in [-0.2, -0.15) is 11.3 Å². The van der Waals surface area contributed by atoms with Crippen LogP contribution in [0.15, 0.2) is 39.9 Å². The summed E-state index contributed by atoms with van der Waals surface area (Å²) >= 11 is 1.60. The van der Waals surface area contributed by atoms with E-state index < -0.39 is 14.8 Å². The van der Waals surface area contributed by atoms with E-state index in [4.69, 9.17) is 0 Å². The minimum Gasteiger partial charge on any atom is -0.383 e. The minimum absolute atomic E-state index is 0.0563. The van der Waals surface area contributed by atoms with Gasteiger partial charge in [0.05, 0.1) is 15.5 Å². The molecule has 8 heteroatoms. The molecular formula is C14H16N2O4S2. The SMILES string of the molecule is CC(CNc1ccc([N+](=O)[O-])cc1S(C)(=O)=O)c1ccsc1. The summed E-state index contributed by atoms with van der Waals surface area (Å²) in [6, 6.07) is 5.85. The number of rotatable bonds is 6. The molecule has 1 heterocycles. The van der Waals surface area contributed by atoms with Gasteiger partial charge in [-0.25, -0.2) is 8.42 Å². The zero-order chi connectivity index (χ0) is 16.3. The van der Waals surface area contributed by atoms with Crippen molar-refractivity contribution in [1.82, 2.24) is 0 Å². The Hall–Kier alpha value is -1.93. The molecule has 0 aliphatic carbocycles. The van der Waals surface area contributed by atoms with Crippen LogP contribution in [0.3, 0.4) is 0 Å². The van der Waals surface area contributed by atoms with Crippen LogP contribution in [-0.4, -0.2) is 26.1 Å². The molecule has 1 N–H and O–H groups in total. The van der Waals surface area contributed by atoms with Gasteiger partial charge in [0.1, 0.15) is 0 Å². The normalized spacial score (nSPS) is 12.8. The quantitative estimate of drug-likeness (QED) is 0.644. The highest BCUT2D eigenvalue weighted by atomic mass is 32.2. The third-order valence-electron chi connectivity index (χ3n) is 3.29. The first-order chi connectivity index (χ1) is 10.3. The van der Waals surface area contributed by atoms with Crippen molar-refractivity contribution in [3.8, 4) is 0 Å². The number of thiophene rings is 1. The van der Waals surface area contributed by atoms with Gasteiger partial charge >= 0.3 is 0 Å². The largest absolute Gasteiger partial charge is 0.383 e.